The summed E-state index contributed by atoms with van der Waals surface area (Å²) in [5.74, 6) is -2.61. The predicted octanol–water partition coefficient (Wildman–Crippen LogP) is 6.70. The summed E-state index contributed by atoms with van der Waals surface area (Å²) in [4.78, 5) is 18.6. The molecule has 0 amide bonds. The van der Waals surface area contributed by atoms with Gasteiger partial charge in [0.05, 0.1) is 22.2 Å². The normalized spacial score (nSPS) is 12.0. The van der Waals surface area contributed by atoms with Gasteiger partial charge < -0.3 is 20.1 Å². The Hall–Kier alpha value is -5.44. The van der Waals surface area contributed by atoms with Crippen molar-refractivity contribution in [3.63, 3.8) is 0 Å². The molecule has 0 atom stereocenters. The van der Waals surface area contributed by atoms with E-state index < -0.39 is 41.3 Å². The van der Waals surface area contributed by atoms with E-state index in [4.69, 9.17) is 10.3 Å². The number of nitrogen functional groups attached to an aromatic ring is 1. The van der Waals surface area contributed by atoms with Crippen LogP contribution in [0.15, 0.2) is 89.5 Å². The number of ketones is 1. The maximum atomic E-state index is 13.8. The highest BCUT2D eigenvalue weighted by Crippen LogP contribution is 2.43. The number of pyridine rings is 1. The van der Waals surface area contributed by atoms with Gasteiger partial charge in [-0.3, -0.25) is 4.79 Å². The second-order valence-corrected chi connectivity index (χ2v) is 10.5. The minimum atomic E-state index is -4.93. The zero-order valence-electron chi connectivity index (χ0n) is 22.3. The lowest BCUT2D eigenvalue weighted by Gasteiger charge is -2.11. The van der Waals surface area contributed by atoms with E-state index in [0.29, 0.717) is 22.4 Å². The summed E-state index contributed by atoms with van der Waals surface area (Å²) in [5, 5.41) is 16.5. The lowest BCUT2D eigenvalue weighted by atomic mass is 9.98. The number of carbonyl (C=O) groups excluding carboxylic acids is 1. The molecular formula is C30H16F6N4O4S. The van der Waals surface area contributed by atoms with Crippen LogP contribution in [0.4, 0.5) is 32.0 Å². The summed E-state index contributed by atoms with van der Waals surface area (Å²) in [7, 11) is 0. The Morgan fingerprint density at radius 3 is 2.20 bits per heavy atom. The molecule has 0 spiro atoms. The number of halogens is 6. The Morgan fingerprint density at radius 1 is 0.911 bits per heavy atom. The van der Waals surface area contributed by atoms with Crippen LogP contribution in [-0.2, 0) is 6.18 Å². The molecule has 0 aliphatic heterocycles. The van der Waals surface area contributed by atoms with Gasteiger partial charge in [-0.2, -0.15) is 13.2 Å². The van der Waals surface area contributed by atoms with Crippen LogP contribution in [0.25, 0.3) is 38.3 Å². The molecule has 3 heterocycles. The number of ether oxygens (including phenoxy) is 1. The number of fused-ring (bicyclic) bond motifs is 1. The second kappa shape index (κ2) is 10.9. The number of hydrogen-bond donors (Lipinski definition) is 1. The molecule has 0 aliphatic carbocycles. The maximum Gasteiger partial charge on any atom is 0.573 e. The smallest absolute Gasteiger partial charge is 0.539 e. The van der Waals surface area contributed by atoms with Crippen molar-refractivity contribution in [2.45, 2.75) is 12.5 Å². The van der Waals surface area contributed by atoms with Crippen molar-refractivity contribution < 1.29 is 50.2 Å². The van der Waals surface area contributed by atoms with Crippen molar-refractivity contribution in [2.24, 2.45) is 0 Å². The summed E-state index contributed by atoms with van der Waals surface area (Å²) in [6, 6.07) is 19.1. The molecule has 8 nitrogen and oxygen atoms in total. The first-order valence-corrected chi connectivity index (χ1v) is 13.6. The van der Waals surface area contributed by atoms with E-state index in [1.807, 2.05) is 0 Å². The molecule has 0 radical (unpaired) electrons. The first-order chi connectivity index (χ1) is 21.3. The summed E-state index contributed by atoms with van der Waals surface area (Å²) in [6.07, 6.45) is -9.49. The molecule has 3 aromatic heterocycles. The molecule has 6 aromatic rings. The molecule has 0 bridgehead atoms. The lowest BCUT2D eigenvalue weighted by Crippen LogP contribution is -2.39. The summed E-state index contributed by atoms with van der Waals surface area (Å²) in [5.41, 5.74) is 6.82. The van der Waals surface area contributed by atoms with Crippen molar-refractivity contribution in [1.29, 1.82) is 0 Å². The van der Waals surface area contributed by atoms with Crippen LogP contribution in [0, 0.1) is 0 Å². The standard InChI is InChI=1S/C30H16F6N4O4S/c31-29(32,33)17-8-6-15(7-9-17)20-14-21(16-4-2-1-3-5-16)38-27-22(20)23(37)26(45-27)25(41)24-28(42)44-39-40(24)18-10-12-19(13-11-18)43-30(34,35)36/h1-14H,(H2-,37,39,41,42). The van der Waals surface area contributed by atoms with Crippen LogP contribution in [0.1, 0.15) is 20.9 Å². The number of nitrogens with zero attached hydrogens (tertiary/aromatic N) is 3. The van der Waals surface area contributed by atoms with Crippen LogP contribution in [0.5, 0.6) is 11.7 Å². The van der Waals surface area contributed by atoms with Crippen molar-refractivity contribution in [1.82, 2.24) is 10.3 Å². The zero-order chi connectivity index (χ0) is 32.1. The predicted molar refractivity (Wildman–Crippen MR) is 148 cm³/mol. The largest absolute Gasteiger partial charge is 0.573 e. The molecule has 45 heavy (non-hydrogen) atoms. The summed E-state index contributed by atoms with van der Waals surface area (Å²) < 4.78 is 86.9. The van der Waals surface area contributed by atoms with Gasteiger partial charge in [0.25, 0.3) is 5.78 Å². The molecule has 0 saturated carbocycles. The number of thiophene rings is 1. The molecule has 0 aliphatic rings. The molecular weight excluding hydrogens is 626 g/mol. The van der Waals surface area contributed by atoms with Crippen molar-refractivity contribution in [3.8, 4) is 39.8 Å². The Bertz CT molecular complexity index is 2040. The summed E-state index contributed by atoms with van der Waals surface area (Å²) >= 11 is 0.844. The van der Waals surface area contributed by atoms with E-state index in [-0.39, 0.29) is 26.5 Å². The highest BCUT2D eigenvalue weighted by atomic mass is 32.1. The average molecular weight is 643 g/mol. The lowest BCUT2D eigenvalue weighted by molar-refractivity contribution is -0.672. The van der Waals surface area contributed by atoms with Crippen LogP contribution >= 0.6 is 11.3 Å². The van der Waals surface area contributed by atoms with E-state index >= 15 is 0 Å². The fourth-order valence-electron chi connectivity index (χ4n) is 4.62. The maximum absolute atomic E-state index is 13.8. The van der Waals surface area contributed by atoms with E-state index in [2.05, 4.69) is 15.0 Å². The Labute approximate surface area is 252 Å². The van der Waals surface area contributed by atoms with Gasteiger partial charge in [-0.25, -0.2) is 4.98 Å². The van der Waals surface area contributed by atoms with Crippen LogP contribution in [0.3, 0.4) is 0 Å². The van der Waals surface area contributed by atoms with Crippen molar-refractivity contribution in [2.75, 3.05) is 5.73 Å². The van der Waals surface area contributed by atoms with E-state index in [0.717, 1.165) is 52.4 Å². The first-order valence-electron chi connectivity index (χ1n) is 12.8. The number of rotatable bonds is 6. The fourth-order valence-corrected chi connectivity index (χ4v) is 5.68. The van der Waals surface area contributed by atoms with Gasteiger partial charge in [0.1, 0.15) is 15.5 Å². The van der Waals surface area contributed by atoms with Gasteiger partial charge >= 0.3 is 18.2 Å². The minimum Gasteiger partial charge on any atom is -0.539 e. The van der Waals surface area contributed by atoms with Crippen LogP contribution in [0.2, 0.25) is 0 Å². The third-order valence-electron chi connectivity index (χ3n) is 6.64. The Balaban J connectivity index is 1.48. The van der Waals surface area contributed by atoms with Crippen molar-refractivity contribution >= 4 is 33.0 Å². The quantitative estimate of drug-likeness (QED) is 0.122. The Kier molecular flexibility index (Phi) is 7.19. The molecule has 0 saturated heterocycles. The molecule has 228 valence electrons. The zero-order valence-corrected chi connectivity index (χ0v) is 23.1. The minimum absolute atomic E-state index is 0.00772. The topological polar surface area (TPSA) is 118 Å². The number of nitrogens with two attached hydrogens (primary N) is 1. The van der Waals surface area contributed by atoms with Gasteiger partial charge in [0.15, 0.2) is 5.95 Å². The molecule has 3 aromatic carbocycles. The van der Waals surface area contributed by atoms with Gasteiger partial charge in [0, 0.05) is 23.1 Å². The number of carbonyl (C=O) groups is 1. The second-order valence-electron chi connectivity index (χ2n) is 9.51. The van der Waals surface area contributed by atoms with E-state index in [1.54, 1.807) is 36.4 Å². The van der Waals surface area contributed by atoms with Crippen LogP contribution in [-0.4, -0.2) is 22.4 Å². The average Bonchev–Trinajstić information content (AvgIpc) is 3.55. The number of benzene rings is 3. The van der Waals surface area contributed by atoms with Gasteiger partial charge in [-0.15, -0.1) is 24.5 Å². The molecule has 15 heteroatoms. The molecule has 0 unspecified atom stereocenters. The fraction of sp³-hybridized carbons (Fsp3) is 0.0667. The molecule has 6 rings (SSSR count). The SMILES string of the molecule is Nc1c(C(=O)c2c([O-])on[n+]2-c2ccc(OC(F)(F)F)cc2)sc2nc(-c3ccccc3)cc(-c3ccc(C(F)(F)F)cc3)c12. The van der Waals surface area contributed by atoms with Crippen molar-refractivity contribution in [3.05, 3.63) is 101 Å². The molecule has 2 N–H and O–H groups in total. The van der Waals surface area contributed by atoms with Gasteiger partial charge in [0.2, 0.25) is 5.69 Å². The number of hydrogen-bond acceptors (Lipinski definition) is 8. The number of alkyl halides is 6. The number of aromatic nitrogens is 3. The highest BCUT2D eigenvalue weighted by molar-refractivity contribution is 7.21. The van der Waals surface area contributed by atoms with Gasteiger partial charge in [-0.1, -0.05) is 42.5 Å². The first kappa shape index (κ1) is 29.6. The monoisotopic (exact) mass is 642 g/mol. The summed E-state index contributed by atoms with van der Waals surface area (Å²) in [6.45, 7) is 0. The number of anilines is 1. The van der Waals surface area contributed by atoms with E-state index in [1.165, 1.54) is 12.1 Å². The Morgan fingerprint density at radius 2 is 1.58 bits per heavy atom. The van der Waals surface area contributed by atoms with Crippen LogP contribution < -0.4 is 20.3 Å². The third-order valence-corrected chi connectivity index (χ3v) is 7.74. The highest BCUT2D eigenvalue weighted by Gasteiger charge is 2.35. The van der Waals surface area contributed by atoms with Gasteiger partial charge in [-0.05, 0) is 46.1 Å². The third kappa shape index (κ3) is 5.76. The van der Waals surface area contributed by atoms with E-state index in [9.17, 15) is 36.2 Å². The molecule has 0 fully saturated rings.